The molecule has 1 aromatic heterocycles. The Hall–Kier alpha value is -0.350. The molecule has 0 aromatic carbocycles. The molecule has 0 aliphatic heterocycles. The summed E-state index contributed by atoms with van der Waals surface area (Å²) in [4.78, 5) is 0. The van der Waals surface area contributed by atoms with Crippen LogP contribution >= 0.6 is 15.9 Å². The van der Waals surface area contributed by atoms with Crippen molar-refractivity contribution >= 4 is 15.9 Å². The van der Waals surface area contributed by atoms with Gasteiger partial charge in [0, 0.05) is 6.54 Å². The van der Waals surface area contributed by atoms with E-state index in [1.54, 1.807) is 0 Å². The van der Waals surface area contributed by atoms with Crippen LogP contribution in [0.4, 0.5) is 0 Å². The highest BCUT2D eigenvalue weighted by atomic mass is 79.9. The smallest absolute Gasteiger partial charge is 0.0766 e. The Balaban J connectivity index is 2.19. The molecule has 1 saturated carbocycles. The molecular formula is C14H24BrN3. The minimum Gasteiger partial charge on any atom is -0.330 e. The lowest BCUT2D eigenvalue weighted by Gasteiger charge is -2.18. The van der Waals surface area contributed by atoms with Gasteiger partial charge in [-0.05, 0) is 66.9 Å². The van der Waals surface area contributed by atoms with Crippen LogP contribution in [0.3, 0.4) is 0 Å². The molecule has 1 fully saturated rings. The van der Waals surface area contributed by atoms with Gasteiger partial charge in [0.2, 0.25) is 0 Å². The van der Waals surface area contributed by atoms with Gasteiger partial charge in [0.1, 0.15) is 0 Å². The van der Waals surface area contributed by atoms with E-state index in [2.05, 4.69) is 39.6 Å². The quantitative estimate of drug-likeness (QED) is 0.907. The number of aromatic nitrogens is 2. The third-order valence-electron chi connectivity index (χ3n) is 4.27. The molecule has 2 rings (SSSR count). The molecule has 3 nitrogen and oxygen atoms in total. The average Bonchev–Trinajstić information content (AvgIpc) is 2.95. The number of aryl methyl sites for hydroxylation is 2. The second-order valence-corrected chi connectivity index (χ2v) is 6.06. The first-order chi connectivity index (χ1) is 8.71. The van der Waals surface area contributed by atoms with Crippen LogP contribution in [0.15, 0.2) is 4.47 Å². The second kappa shape index (κ2) is 6.20. The predicted octanol–water partition coefficient (Wildman–Crippen LogP) is 3.15. The third kappa shape index (κ3) is 2.64. The lowest BCUT2D eigenvalue weighted by Crippen LogP contribution is -2.21. The van der Waals surface area contributed by atoms with Crippen molar-refractivity contribution in [2.75, 3.05) is 6.54 Å². The first-order valence-electron chi connectivity index (χ1n) is 7.15. The number of hydrogen-bond donors (Lipinski definition) is 1. The minimum absolute atomic E-state index is 0.710. The van der Waals surface area contributed by atoms with Crippen LogP contribution in [-0.4, -0.2) is 16.3 Å². The van der Waals surface area contributed by atoms with Crippen molar-refractivity contribution in [1.29, 1.82) is 0 Å². The van der Waals surface area contributed by atoms with E-state index in [1.165, 1.54) is 35.1 Å². The number of rotatable bonds is 5. The van der Waals surface area contributed by atoms with E-state index in [4.69, 9.17) is 5.73 Å². The van der Waals surface area contributed by atoms with E-state index in [9.17, 15) is 0 Å². The summed E-state index contributed by atoms with van der Waals surface area (Å²) in [6.45, 7) is 6.11. The summed E-state index contributed by atoms with van der Waals surface area (Å²) >= 11 is 3.74. The maximum absolute atomic E-state index is 5.88. The summed E-state index contributed by atoms with van der Waals surface area (Å²) in [5.74, 6) is 1.46. The molecule has 1 aromatic rings. The van der Waals surface area contributed by atoms with Gasteiger partial charge >= 0.3 is 0 Å². The predicted molar refractivity (Wildman–Crippen MR) is 78.6 cm³/mol. The molecule has 1 aliphatic carbocycles. The first kappa shape index (κ1) is 14.1. The highest BCUT2D eigenvalue weighted by molar-refractivity contribution is 9.10. The summed E-state index contributed by atoms with van der Waals surface area (Å²) in [6.07, 6.45) is 6.09. The van der Waals surface area contributed by atoms with E-state index in [1.807, 2.05) is 0 Å². The topological polar surface area (TPSA) is 43.8 Å². The number of nitrogens with zero attached hydrogens (tertiary/aromatic N) is 2. The standard InChI is InChI=1S/C14H24BrN3/c1-3-12-14(15)13(18(4-2)17-12)8-10-6-5-7-11(10)9-16/h10-11H,3-9,16H2,1-2H3. The molecule has 1 aliphatic rings. The highest BCUT2D eigenvalue weighted by Crippen LogP contribution is 2.35. The normalized spacial score (nSPS) is 23.8. The van der Waals surface area contributed by atoms with Crippen LogP contribution in [0, 0.1) is 11.8 Å². The summed E-state index contributed by atoms with van der Waals surface area (Å²) < 4.78 is 3.39. The van der Waals surface area contributed by atoms with Crippen molar-refractivity contribution in [3.05, 3.63) is 15.9 Å². The fourth-order valence-electron chi connectivity index (χ4n) is 3.15. The monoisotopic (exact) mass is 313 g/mol. The molecule has 2 atom stereocenters. The lowest BCUT2D eigenvalue weighted by molar-refractivity contribution is 0.383. The molecule has 2 unspecified atom stereocenters. The first-order valence-corrected chi connectivity index (χ1v) is 7.94. The Bertz CT molecular complexity index is 400. The Labute approximate surface area is 118 Å². The van der Waals surface area contributed by atoms with Crippen LogP contribution in [0.25, 0.3) is 0 Å². The molecule has 0 saturated heterocycles. The number of halogens is 1. The zero-order valence-corrected chi connectivity index (χ0v) is 13.0. The van der Waals surface area contributed by atoms with Crippen molar-refractivity contribution in [3.63, 3.8) is 0 Å². The summed E-state index contributed by atoms with van der Waals surface area (Å²) in [5.41, 5.74) is 8.45. The van der Waals surface area contributed by atoms with Gasteiger partial charge in [-0.2, -0.15) is 5.10 Å². The van der Waals surface area contributed by atoms with Crippen LogP contribution in [0.5, 0.6) is 0 Å². The van der Waals surface area contributed by atoms with Crippen molar-refractivity contribution < 1.29 is 0 Å². The molecule has 18 heavy (non-hydrogen) atoms. The van der Waals surface area contributed by atoms with Crippen LogP contribution in [0.1, 0.15) is 44.5 Å². The van der Waals surface area contributed by atoms with Crippen LogP contribution in [0.2, 0.25) is 0 Å². The zero-order chi connectivity index (χ0) is 13.1. The van der Waals surface area contributed by atoms with Crippen molar-refractivity contribution in [3.8, 4) is 0 Å². The van der Waals surface area contributed by atoms with Crippen molar-refractivity contribution in [1.82, 2.24) is 9.78 Å². The fraction of sp³-hybridized carbons (Fsp3) is 0.786. The van der Waals surface area contributed by atoms with Crippen LogP contribution < -0.4 is 5.73 Å². The van der Waals surface area contributed by atoms with Gasteiger partial charge < -0.3 is 5.73 Å². The Kier molecular flexibility index (Phi) is 4.84. The summed E-state index contributed by atoms with van der Waals surface area (Å²) in [7, 11) is 0. The average molecular weight is 314 g/mol. The summed E-state index contributed by atoms with van der Waals surface area (Å²) in [5, 5.41) is 4.68. The zero-order valence-electron chi connectivity index (χ0n) is 11.5. The molecule has 0 bridgehead atoms. The Morgan fingerprint density at radius 3 is 2.67 bits per heavy atom. The lowest BCUT2D eigenvalue weighted by atomic mass is 9.91. The molecule has 102 valence electrons. The summed E-state index contributed by atoms with van der Waals surface area (Å²) in [6, 6.07) is 0. The second-order valence-electron chi connectivity index (χ2n) is 5.27. The molecule has 0 amide bonds. The number of nitrogens with two attached hydrogens (primary N) is 1. The molecule has 0 radical (unpaired) electrons. The maximum atomic E-state index is 5.88. The highest BCUT2D eigenvalue weighted by Gasteiger charge is 2.28. The molecule has 0 spiro atoms. The van der Waals surface area contributed by atoms with Gasteiger partial charge in [-0.15, -0.1) is 0 Å². The van der Waals surface area contributed by atoms with Crippen LogP contribution in [-0.2, 0) is 19.4 Å². The van der Waals surface area contributed by atoms with Gasteiger partial charge in [-0.25, -0.2) is 0 Å². The Morgan fingerprint density at radius 1 is 1.33 bits per heavy atom. The van der Waals surface area contributed by atoms with E-state index >= 15 is 0 Å². The van der Waals surface area contributed by atoms with E-state index in [0.29, 0.717) is 5.92 Å². The van der Waals surface area contributed by atoms with Gasteiger partial charge in [0.15, 0.2) is 0 Å². The molecule has 1 heterocycles. The minimum atomic E-state index is 0.710. The fourth-order valence-corrected chi connectivity index (χ4v) is 3.88. The molecular weight excluding hydrogens is 290 g/mol. The van der Waals surface area contributed by atoms with Gasteiger partial charge in [0.05, 0.1) is 15.9 Å². The van der Waals surface area contributed by atoms with Gasteiger partial charge in [0.25, 0.3) is 0 Å². The van der Waals surface area contributed by atoms with Gasteiger partial charge in [-0.3, -0.25) is 4.68 Å². The van der Waals surface area contributed by atoms with E-state index in [-0.39, 0.29) is 0 Å². The van der Waals surface area contributed by atoms with Gasteiger partial charge in [-0.1, -0.05) is 13.3 Å². The third-order valence-corrected chi connectivity index (χ3v) is 5.18. The van der Waals surface area contributed by atoms with E-state index in [0.717, 1.165) is 31.8 Å². The van der Waals surface area contributed by atoms with Crippen molar-refractivity contribution in [2.24, 2.45) is 17.6 Å². The molecule has 2 N–H and O–H groups in total. The number of hydrogen-bond acceptors (Lipinski definition) is 2. The van der Waals surface area contributed by atoms with E-state index < -0.39 is 0 Å². The largest absolute Gasteiger partial charge is 0.330 e. The SMILES string of the molecule is CCc1nn(CC)c(CC2CCCC2CN)c1Br. The Morgan fingerprint density at radius 2 is 2.06 bits per heavy atom. The maximum Gasteiger partial charge on any atom is 0.0766 e. The van der Waals surface area contributed by atoms with Crippen molar-refractivity contribution in [2.45, 2.75) is 52.5 Å². The molecule has 4 heteroatoms.